The first-order valence-corrected chi connectivity index (χ1v) is 12.9. The maximum atomic E-state index is 13.5. The molecule has 0 bridgehead atoms. The Labute approximate surface area is 225 Å². The molecule has 0 aliphatic carbocycles. The van der Waals surface area contributed by atoms with Gasteiger partial charge in [0, 0.05) is 22.8 Å². The molecule has 2 heterocycles. The molecule has 196 valence electrons. The van der Waals surface area contributed by atoms with Crippen molar-refractivity contribution in [1.82, 2.24) is 10.2 Å². The van der Waals surface area contributed by atoms with Crippen LogP contribution in [0.1, 0.15) is 44.7 Å². The molecule has 0 spiro atoms. The highest BCUT2D eigenvalue weighted by Gasteiger charge is 2.30. The largest absolute Gasteiger partial charge is 0.490 e. The molecule has 0 unspecified atom stereocenters. The average Bonchev–Trinajstić information content (AvgIpc) is 3.06. The lowest BCUT2D eigenvalue weighted by atomic mass is 10.1. The van der Waals surface area contributed by atoms with Gasteiger partial charge in [-0.3, -0.25) is 9.59 Å². The lowest BCUT2D eigenvalue weighted by Crippen LogP contribution is -2.39. The van der Waals surface area contributed by atoms with Crippen molar-refractivity contribution in [2.24, 2.45) is 0 Å². The van der Waals surface area contributed by atoms with Crippen molar-refractivity contribution in [3.05, 3.63) is 94.0 Å². The molecule has 38 heavy (non-hydrogen) atoms. The van der Waals surface area contributed by atoms with Crippen LogP contribution in [0.3, 0.4) is 0 Å². The van der Waals surface area contributed by atoms with Gasteiger partial charge in [-0.25, -0.2) is 4.79 Å². The van der Waals surface area contributed by atoms with E-state index in [1.165, 1.54) is 17.0 Å². The molecule has 2 N–H and O–H groups in total. The summed E-state index contributed by atoms with van der Waals surface area (Å²) in [4.78, 5) is 41.5. The van der Waals surface area contributed by atoms with Crippen LogP contribution >= 0.6 is 11.6 Å². The minimum absolute atomic E-state index is 0.0738. The fourth-order valence-corrected chi connectivity index (χ4v) is 4.91. The SMILES string of the molecule is O=C(O)c1ccc2c(c1)N(Cc1ccc(OC3CCNCC3)cc1)C(=O)CN(C(=O)c1ccc(Cl)cc1)C2. The van der Waals surface area contributed by atoms with Gasteiger partial charge in [0.25, 0.3) is 5.91 Å². The molecule has 0 aromatic heterocycles. The zero-order valence-corrected chi connectivity index (χ0v) is 21.5. The number of fused-ring (bicyclic) bond motifs is 1. The molecule has 2 aliphatic rings. The van der Waals surface area contributed by atoms with E-state index in [9.17, 15) is 19.5 Å². The second-order valence-corrected chi connectivity index (χ2v) is 9.94. The number of carbonyl (C=O) groups is 3. The number of benzene rings is 3. The number of ether oxygens (including phenoxy) is 1. The third-order valence-corrected chi connectivity index (χ3v) is 7.09. The van der Waals surface area contributed by atoms with E-state index in [4.69, 9.17) is 16.3 Å². The maximum Gasteiger partial charge on any atom is 0.335 e. The number of hydrogen-bond donors (Lipinski definition) is 2. The van der Waals surface area contributed by atoms with E-state index in [-0.39, 0.29) is 43.1 Å². The Morgan fingerprint density at radius 3 is 2.32 bits per heavy atom. The van der Waals surface area contributed by atoms with Gasteiger partial charge in [-0.2, -0.15) is 0 Å². The number of anilines is 1. The predicted molar refractivity (Wildman–Crippen MR) is 144 cm³/mol. The quantitative estimate of drug-likeness (QED) is 0.488. The first-order chi connectivity index (χ1) is 18.4. The summed E-state index contributed by atoms with van der Waals surface area (Å²) in [5, 5.41) is 13.4. The predicted octanol–water partition coefficient (Wildman–Crippen LogP) is 4.36. The minimum atomic E-state index is -1.09. The zero-order chi connectivity index (χ0) is 26.6. The highest BCUT2D eigenvalue weighted by Crippen LogP contribution is 2.30. The summed E-state index contributed by atoms with van der Waals surface area (Å²) in [6.07, 6.45) is 2.09. The van der Waals surface area contributed by atoms with E-state index in [2.05, 4.69) is 5.32 Å². The van der Waals surface area contributed by atoms with Gasteiger partial charge in [0.1, 0.15) is 18.4 Å². The number of nitrogens with zero attached hydrogens (tertiary/aromatic N) is 2. The number of carboxylic acids is 1. The molecule has 2 aliphatic heterocycles. The molecule has 3 aromatic rings. The second-order valence-electron chi connectivity index (χ2n) is 9.51. The van der Waals surface area contributed by atoms with E-state index < -0.39 is 5.97 Å². The number of hydrogen-bond acceptors (Lipinski definition) is 5. The van der Waals surface area contributed by atoms with Crippen LogP contribution in [0.25, 0.3) is 0 Å². The van der Waals surface area contributed by atoms with Gasteiger partial charge in [-0.05, 0) is 85.6 Å². The van der Waals surface area contributed by atoms with Gasteiger partial charge in [0.05, 0.1) is 12.1 Å². The Balaban J connectivity index is 1.40. The number of nitrogens with one attached hydrogen (secondary N) is 1. The fraction of sp³-hybridized carbons (Fsp3) is 0.276. The lowest BCUT2D eigenvalue weighted by Gasteiger charge is -2.25. The molecule has 9 heteroatoms. The molecule has 0 saturated carbocycles. The molecule has 0 atom stereocenters. The molecule has 0 radical (unpaired) electrons. The summed E-state index contributed by atoms with van der Waals surface area (Å²) in [5.41, 5.74) is 2.53. The fourth-order valence-electron chi connectivity index (χ4n) is 4.78. The van der Waals surface area contributed by atoms with Crippen molar-refractivity contribution in [2.45, 2.75) is 32.0 Å². The van der Waals surface area contributed by atoms with Crippen molar-refractivity contribution in [1.29, 1.82) is 0 Å². The minimum Gasteiger partial charge on any atom is -0.490 e. The first kappa shape index (κ1) is 25.8. The smallest absolute Gasteiger partial charge is 0.335 e. The summed E-state index contributed by atoms with van der Waals surface area (Å²) in [6, 6.07) is 18.8. The van der Waals surface area contributed by atoms with Gasteiger partial charge >= 0.3 is 5.97 Å². The van der Waals surface area contributed by atoms with Crippen LogP contribution in [0.5, 0.6) is 5.75 Å². The molecular formula is C29H28ClN3O5. The Morgan fingerprint density at radius 1 is 0.947 bits per heavy atom. The second kappa shape index (κ2) is 11.2. The number of rotatable bonds is 6. The average molecular weight is 534 g/mol. The van der Waals surface area contributed by atoms with Crippen molar-refractivity contribution >= 4 is 35.1 Å². The van der Waals surface area contributed by atoms with Gasteiger partial charge in [0.2, 0.25) is 5.91 Å². The van der Waals surface area contributed by atoms with E-state index in [0.29, 0.717) is 21.8 Å². The van der Waals surface area contributed by atoms with Crippen LogP contribution in [0, 0.1) is 0 Å². The number of carbonyl (C=O) groups excluding carboxylic acids is 2. The van der Waals surface area contributed by atoms with Crippen LogP contribution in [-0.4, -0.2) is 53.5 Å². The number of amides is 2. The van der Waals surface area contributed by atoms with Crippen molar-refractivity contribution in [3.8, 4) is 5.75 Å². The summed E-state index contributed by atoms with van der Waals surface area (Å²) >= 11 is 5.97. The number of aromatic carboxylic acids is 1. The van der Waals surface area contributed by atoms with Gasteiger partial charge in [-0.1, -0.05) is 29.8 Å². The van der Waals surface area contributed by atoms with Crippen LogP contribution in [0.2, 0.25) is 5.02 Å². The molecule has 2 amide bonds. The van der Waals surface area contributed by atoms with Gasteiger partial charge in [0.15, 0.2) is 0 Å². The molecular weight excluding hydrogens is 506 g/mol. The number of halogens is 1. The van der Waals surface area contributed by atoms with E-state index in [1.807, 2.05) is 24.3 Å². The third-order valence-electron chi connectivity index (χ3n) is 6.84. The van der Waals surface area contributed by atoms with Crippen LogP contribution in [-0.2, 0) is 17.9 Å². The Kier molecular flexibility index (Phi) is 7.62. The van der Waals surface area contributed by atoms with Crippen LogP contribution < -0.4 is 15.0 Å². The van der Waals surface area contributed by atoms with Crippen LogP contribution in [0.15, 0.2) is 66.7 Å². The summed E-state index contributed by atoms with van der Waals surface area (Å²) in [5.74, 6) is -0.915. The Hall–Kier alpha value is -3.88. The van der Waals surface area contributed by atoms with Crippen molar-refractivity contribution in [2.75, 3.05) is 24.5 Å². The van der Waals surface area contributed by atoms with Gasteiger partial charge in [-0.15, -0.1) is 0 Å². The molecule has 3 aromatic carbocycles. The highest BCUT2D eigenvalue weighted by atomic mass is 35.5. The number of piperidine rings is 1. The zero-order valence-electron chi connectivity index (χ0n) is 20.7. The molecule has 1 fully saturated rings. The van der Waals surface area contributed by atoms with E-state index >= 15 is 0 Å². The maximum absolute atomic E-state index is 13.5. The Bertz CT molecular complexity index is 1340. The molecule has 8 nitrogen and oxygen atoms in total. The topological polar surface area (TPSA) is 99.2 Å². The summed E-state index contributed by atoms with van der Waals surface area (Å²) < 4.78 is 6.09. The molecule has 5 rings (SSSR count). The normalized spacial score (nSPS) is 16.1. The van der Waals surface area contributed by atoms with E-state index in [1.54, 1.807) is 35.2 Å². The first-order valence-electron chi connectivity index (χ1n) is 12.5. The third kappa shape index (κ3) is 5.82. The Morgan fingerprint density at radius 2 is 1.63 bits per heavy atom. The summed E-state index contributed by atoms with van der Waals surface area (Å²) in [7, 11) is 0. The highest BCUT2D eigenvalue weighted by molar-refractivity contribution is 6.30. The van der Waals surface area contributed by atoms with Crippen molar-refractivity contribution in [3.63, 3.8) is 0 Å². The summed E-state index contributed by atoms with van der Waals surface area (Å²) in [6.45, 7) is 2.13. The monoisotopic (exact) mass is 533 g/mol. The van der Waals surface area contributed by atoms with Crippen molar-refractivity contribution < 1.29 is 24.2 Å². The van der Waals surface area contributed by atoms with Gasteiger partial charge < -0.3 is 25.0 Å². The standard InChI is InChI=1S/C29H28ClN3O5/c30-23-7-5-20(6-8-23)28(35)32-17-22-4-3-21(29(36)37)15-26(22)33(27(34)18-32)16-19-1-9-24(10-2-19)38-25-11-13-31-14-12-25/h1-10,15,25,31H,11-14,16-18H2,(H,36,37). The molecule has 1 saturated heterocycles. The van der Waals surface area contributed by atoms with E-state index in [0.717, 1.165) is 37.2 Å². The number of carboxylic acid groups (broad SMARTS) is 1. The van der Waals surface area contributed by atoms with Crippen LogP contribution in [0.4, 0.5) is 5.69 Å². The lowest BCUT2D eigenvalue weighted by molar-refractivity contribution is -0.119.